The summed E-state index contributed by atoms with van der Waals surface area (Å²) < 4.78 is 5.56. The molecule has 3 rings (SSSR count). The molecule has 1 N–H and O–H groups in total. The number of aromatic hydroxyl groups is 1. The Labute approximate surface area is 149 Å². The lowest BCUT2D eigenvalue weighted by Crippen LogP contribution is -2.23. The van der Waals surface area contributed by atoms with Gasteiger partial charge in [-0.25, -0.2) is 0 Å². The van der Waals surface area contributed by atoms with E-state index in [1.165, 1.54) is 18.4 Å². The number of halogens is 2. The Hall–Kier alpha value is -2.17. The van der Waals surface area contributed by atoms with Gasteiger partial charge in [-0.05, 0) is 30.5 Å². The number of aldehydes is 1. The highest BCUT2D eigenvalue weighted by atomic mass is 35.5. The van der Waals surface area contributed by atoms with Crippen molar-refractivity contribution in [3.63, 3.8) is 0 Å². The third kappa shape index (κ3) is 3.35. The minimum Gasteiger partial charge on any atom is -0.506 e. The molecule has 0 saturated heterocycles. The summed E-state index contributed by atoms with van der Waals surface area (Å²) >= 11 is 12.0. The molecule has 0 bridgehead atoms. The maximum absolute atomic E-state index is 11.7. The quantitative estimate of drug-likeness (QED) is 0.776. The average molecular weight is 364 g/mol. The van der Waals surface area contributed by atoms with Gasteiger partial charge in [-0.3, -0.25) is 0 Å². The molecule has 1 aromatic carbocycles. The molecule has 1 aliphatic carbocycles. The molecule has 4 nitrogen and oxygen atoms in total. The number of hydrogen-bond donors (Lipinski definition) is 1. The smallest absolute Gasteiger partial charge is 0.147 e. The Bertz CT molecular complexity index is 781. The Morgan fingerprint density at radius 2 is 2.17 bits per heavy atom. The van der Waals surface area contributed by atoms with Gasteiger partial charge in [0, 0.05) is 23.0 Å². The van der Waals surface area contributed by atoms with E-state index < -0.39 is 6.04 Å². The van der Waals surface area contributed by atoms with Crippen molar-refractivity contribution in [2.75, 3.05) is 0 Å². The standard InChI is InChI=1S/C18H15Cl2NO3/c19-13-8-14(18(23)15(20)9-13)16(11-22)21-6-7-24-17(10-21)12-4-2-1-3-5-12/h1-2,4,6-11,16,23H,3,5H2. The van der Waals surface area contributed by atoms with Crippen molar-refractivity contribution in [3.8, 4) is 5.75 Å². The summed E-state index contributed by atoms with van der Waals surface area (Å²) in [6.07, 6.45) is 13.4. The molecule has 24 heavy (non-hydrogen) atoms. The first-order valence-electron chi connectivity index (χ1n) is 7.42. The molecule has 2 aliphatic rings. The van der Waals surface area contributed by atoms with Crippen molar-refractivity contribution in [1.29, 1.82) is 0 Å². The van der Waals surface area contributed by atoms with Crippen molar-refractivity contribution in [3.05, 3.63) is 76.0 Å². The van der Waals surface area contributed by atoms with Gasteiger partial charge in [-0.1, -0.05) is 41.4 Å². The molecule has 124 valence electrons. The molecule has 1 heterocycles. The zero-order chi connectivity index (χ0) is 17.1. The first kappa shape index (κ1) is 16.7. The topological polar surface area (TPSA) is 49.8 Å². The number of ether oxygens (including phenoxy) is 1. The molecule has 0 radical (unpaired) electrons. The second kappa shape index (κ2) is 7.16. The van der Waals surface area contributed by atoms with Gasteiger partial charge in [0.2, 0.25) is 0 Å². The Kier molecular flexibility index (Phi) is 4.97. The van der Waals surface area contributed by atoms with Crippen LogP contribution in [-0.4, -0.2) is 16.3 Å². The fourth-order valence-electron chi connectivity index (χ4n) is 2.64. The number of rotatable bonds is 4. The maximum atomic E-state index is 11.7. The van der Waals surface area contributed by atoms with E-state index in [0.29, 0.717) is 16.3 Å². The van der Waals surface area contributed by atoms with Crippen LogP contribution in [-0.2, 0) is 9.53 Å². The van der Waals surface area contributed by atoms with Gasteiger partial charge in [0.1, 0.15) is 30.1 Å². The largest absolute Gasteiger partial charge is 0.506 e. The second-order valence-corrected chi connectivity index (χ2v) is 6.25. The molecular weight excluding hydrogens is 349 g/mol. The van der Waals surface area contributed by atoms with Crippen molar-refractivity contribution < 1.29 is 14.6 Å². The number of allylic oxidation sites excluding steroid dienone is 4. The summed E-state index contributed by atoms with van der Waals surface area (Å²) in [6, 6.07) is 2.19. The lowest BCUT2D eigenvalue weighted by Gasteiger charge is -2.28. The van der Waals surface area contributed by atoms with Crippen molar-refractivity contribution in [2.24, 2.45) is 0 Å². The first-order chi connectivity index (χ1) is 11.6. The van der Waals surface area contributed by atoms with Gasteiger partial charge in [-0.2, -0.15) is 0 Å². The lowest BCUT2D eigenvalue weighted by atomic mass is 10.0. The zero-order valence-corrected chi connectivity index (χ0v) is 14.2. The molecule has 0 spiro atoms. The third-order valence-electron chi connectivity index (χ3n) is 3.85. The average Bonchev–Trinajstić information content (AvgIpc) is 2.61. The maximum Gasteiger partial charge on any atom is 0.147 e. The highest BCUT2D eigenvalue weighted by Gasteiger charge is 2.24. The number of hydrogen-bond acceptors (Lipinski definition) is 4. The van der Waals surface area contributed by atoms with E-state index in [2.05, 4.69) is 6.08 Å². The minimum absolute atomic E-state index is 0.103. The zero-order valence-electron chi connectivity index (χ0n) is 12.7. The minimum atomic E-state index is -0.768. The summed E-state index contributed by atoms with van der Waals surface area (Å²) in [7, 11) is 0. The van der Waals surface area contributed by atoms with E-state index in [1.54, 1.807) is 17.3 Å². The number of phenolic OH excluding ortho intramolecular Hbond substituents is 1. The van der Waals surface area contributed by atoms with Crippen LogP contribution in [0.1, 0.15) is 24.4 Å². The summed E-state index contributed by atoms with van der Waals surface area (Å²) in [5.74, 6) is 0.508. The van der Waals surface area contributed by atoms with Gasteiger partial charge in [-0.15, -0.1) is 0 Å². The van der Waals surface area contributed by atoms with Gasteiger partial charge in [0.25, 0.3) is 0 Å². The lowest BCUT2D eigenvalue weighted by molar-refractivity contribution is -0.111. The van der Waals surface area contributed by atoms with Crippen LogP contribution < -0.4 is 0 Å². The van der Waals surface area contributed by atoms with Crippen LogP contribution in [0, 0.1) is 0 Å². The molecule has 0 saturated carbocycles. The second-order valence-electron chi connectivity index (χ2n) is 5.41. The SMILES string of the molecule is O=CC(c1cc(Cl)cc(Cl)c1O)N1C=COC(C2=CC=CCC2)=C1. The van der Waals surface area contributed by atoms with E-state index in [-0.39, 0.29) is 10.8 Å². The van der Waals surface area contributed by atoms with Crippen LogP contribution in [0.5, 0.6) is 5.75 Å². The Balaban J connectivity index is 1.96. The van der Waals surface area contributed by atoms with E-state index in [0.717, 1.165) is 24.7 Å². The van der Waals surface area contributed by atoms with Gasteiger partial charge in [0.05, 0.1) is 5.02 Å². The summed E-state index contributed by atoms with van der Waals surface area (Å²) in [5, 5.41) is 10.6. The van der Waals surface area contributed by atoms with Crippen LogP contribution in [0.4, 0.5) is 0 Å². The van der Waals surface area contributed by atoms with Crippen molar-refractivity contribution >= 4 is 29.5 Å². The van der Waals surface area contributed by atoms with Crippen molar-refractivity contribution in [2.45, 2.75) is 18.9 Å². The van der Waals surface area contributed by atoms with Gasteiger partial charge in [0.15, 0.2) is 0 Å². The predicted octanol–water partition coefficient (Wildman–Crippen LogP) is 4.86. The molecule has 0 amide bonds. The number of carbonyl (C=O) groups excluding carboxylic acids is 1. The molecule has 1 aliphatic heterocycles. The van der Waals surface area contributed by atoms with E-state index >= 15 is 0 Å². The predicted molar refractivity (Wildman–Crippen MR) is 93.5 cm³/mol. The Morgan fingerprint density at radius 1 is 1.33 bits per heavy atom. The Morgan fingerprint density at radius 3 is 2.88 bits per heavy atom. The van der Waals surface area contributed by atoms with Gasteiger partial charge >= 0.3 is 0 Å². The fourth-order valence-corrected chi connectivity index (χ4v) is 3.15. The third-order valence-corrected chi connectivity index (χ3v) is 4.36. The van der Waals surface area contributed by atoms with Crippen LogP contribution >= 0.6 is 23.2 Å². The molecule has 0 aromatic heterocycles. The van der Waals surface area contributed by atoms with Gasteiger partial charge < -0.3 is 19.5 Å². The highest BCUT2D eigenvalue weighted by Crippen LogP contribution is 2.37. The first-order valence-corrected chi connectivity index (χ1v) is 8.17. The number of nitrogens with zero attached hydrogens (tertiary/aromatic N) is 1. The molecule has 1 aromatic rings. The molecular formula is C18H15Cl2NO3. The number of benzene rings is 1. The normalized spacial score (nSPS) is 17.8. The number of phenols is 1. The van der Waals surface area contributed by atoms with Crippen molar-refractivity contribution in [1.82, 2.24) is 4.90 Å². The summed E-state index contributed by atoms with van der Waals surface area (Å²) in [6.45, 7) is 0. The van der Waals surface area contributed by atoms with E-state index in [4.69, 9.17) is 27.9 Å². The van der Waals surface area contributed by atoms with Crippen LogP contribution in [0.15, 0.2) is 60.4 Å². The molecule has 1 unspecified atom stereocenters. The molecule has 1 atom stereocenters. The van der Waals surface area contributed by atoms with E-state index in [9.17, 15) is 9.90 Å². The monoisotopic (exact) mass is 363 g/mol. The molecule has 6 heteroatoms. The number of carbonyl (C=O) groups is 1. The van der Waals surface area contributed by atoms with E-state index in [1.807, 2.05) is 12.2 Å². The van der Waals surface area contributed by atoms with Crippen LogP contribution in [0.2, 0.25) is 10.0 Å². The fraction of sp³-hybridized carbons (Fsp3) is 0.167. The van der Waals surface area contributed by atoms with Crippen LogP contribution in [0.3, 0.4) is 0 Å². The van der Waals surface area contributed by atoms with Crippen LogP contribution in [0.25, 0.3) is 0 Å². The summed E-state index contributed by atoms with van der Waals surface area (Å²) in [5.41, 5.74) is 1.38. The highest BCUT2D eigenvalue weighted by molar-refractivity contribution is 6.35. The summed E-state index contributed by atoms with van der Waals surface area (Å²) in [4.78, 5) is 13.4. The molecule has 0 fully saturated rings.